The van der Waals surface area contributed by atoms with Gasteiger partial charge in [0, 0.05) is 109 Å². The third-order valence-corrected chi connectivity index (χ3v) is 14.1. The molecule has 0 aromatic heterocycles. The highest BCUT2D eigenvalue weighted by molar-refractivity contribution is 6.12. The van der Waals surface area contributed by atoms with Gasteiger partial charge in [-0.25, -0.2) is 9.59 Å². The molecule has 2 heterocycles. The normalized spacial score (nSPS) is 17.7. The molecule has 0 spiro atoms. The molecule has 1 fully saturated rings. The van der Waals surface area contributed by atoms with Crippen LogP contribution in [-0.4, -0.2) is 301 Å². The van der Waals surface area contributed by atoms with Crippen molar-refractivity contribution in [1.82, 2.24) is 40.4 Å². The van der Waals surface area contributed by atoms with E-state index in [1.54, 1.807) is 50.9 Å². The van der Waals surface area contributed by atoms with Crippen LogP contribution in [0, 0.1) is 0 Å². The van der Waals surface area contributed by atoms with Crippen molar-refractivity contribution in [1.29, 1.82) is 0 Å². The van der Waals surface area contributed by atoms with Gasteiger partial charge >= 0.3 is 36.1 Å². The molecule has 89 heavy (non-hydrogen) atoms. The highest BCUT2D eigenvalue weighted by Crippen LogP contribution is 2.24. The number of allylic oxidation sites excluding steroid dienone is 1. The Bertz CT molecular complexity index is 2390. The Labute approximate surface area is 517 Å². The Morgan fingerprint density at radius 2 is 1.06 bits per heavy atom. The number of carboxylic acid groups (broad SMARTS) is 4. The molecule has 0 saturated carbocycles. The molecular formula is C58H89N9O22. The quantitative estimate of drug-likeness (QED) is 0.0256. The lowest BCUT2D eigenvalue weighted by molar-refractivity contribution is -0.145. The van der Waals surface area contributed by atoms with E-state index in [-0.39, 0.29) is 196 Å². The lowest BCUT2D eigenvalue weighted by Gasteiger charge is -2.35. The standard InChI is InChI=1S/C58H89N9O22/c1-62(58(81)88-46-7-5-3-2-4-6-8-46)45-11-9-44(10-12-45)54(55(77)60-18-30-83-33-36-85-32-28-67-49(69)15-16-50(67)70)89-57(80)61-19-31-84-35-38-87-40-39-86-37-34-82-29-17-59-48(68)14-13-47(56(78)79)66-26-24-64(42-52(73)74)22-20-63(41-51(71)72)21-23-65(25-27-66)43-53(75)76/h5,7,9-12,15-16,46-47,54H,2-4,6,8,13-14,17-43H2,1H3,(H,59,68)(H,60,77)(H,61,80)(H,71,72)(H,73,74)(H,75,76)(H,78,79)/b7-5+/t46-,47?,54+/m0/s1. The molecule has 7 N–H and O–H groups in total. The number of carboxylic acids is 4. The van der Waals surface area contributed by atoms with E-state index in [1.165, 1.54) is 17.1 Å². The van der Waals surface area contributed by atoms with Gasteiger partial charge in [0.1, 0.15) is 12.1 Å². The third kappa shape index (κ3) is 31.7. The minimum atomic E-state index is -1.39. The maximum Gasteiger partial charge on any atom is 0.414 e. The molecule has 1 aromatic carbocycles. The Kier molecular flexibility index (Phi) is 36.3. The summed E-state index contributed by atoms with van der Waals surface area (Å²) in [4.78, 5) is 132. The molecule has 31 heteroatoms. The van der Waals surface area contributed by atoms with E-state index in [1.807, 2.05) is 12.2 Å². The first kappa shape index (κ1) is 74.3. The van der Waals surface area contributed by atoms with Crippen LogP contribution >= 0.6 is 0 Å². The summed E-state index contributed by atoms with van der Waals surface area (Å²) in [5.41, 5.74) is 0.806. The van der Waals surface area contributed by atoms with Gasteiger partial charge in [0.2, 0.25) is 12.0 Å². The number of carbonyl (C=O) groups excluding carboxylic acids is 6. The van der Waals surface area contributed by atoms with Crippen molar-refractivity contribution in [3.63, 3.8) is 0 Å². The van der Waals surface area contributed by atoms with Gasteiger partial charge in [-0.15, -0.1) is 0 Å². The molecule has 1 unspecified atom stereocenters. The van der Waals surface area contributed by atoms with Crippen molar-refractivity contribution in [2.75, 3.05) is 189 Å². The fraction of sp³-hybridized carbons (Fsp3) is 0.655. The van der Waals surface area contributed by atoms with E-state index in [9.17, 15) is 68.4 Å². The maximum atomic E-state index is 13.5. The van der Waals surface area contributed by atoms with Crippen LogP contribution in [0.1, 0.15) is 56.6 Å². The fourth-order valence-electron chi connectivity index (χ4n) is 9.28. The van der Waals surface area contributed by atoms with Crippen LogP contribution in [0.15, 0.2) is 48.6 Å². The number of hydrogen-bond donors (Lipinski definition) is 7. The van der Waals surface area contributed by atoms with Crippen LogP contribution in [0.5, 0.6) is 0 Å². The SMILES string of the molecule is CN(C(=O)O[C@H]1/C=C/CCCCC1)c1ccc([C@@H](OC(=O)NCCOCCOCCOCCOCCNC(=O)CCC(C(=O)O)N2CCN(CC(=O)O)CCN(CC(=O)O)CCN(CC(=O)O)CC2)C(=O)NCCOCCOCCN2C(=O)C=CC2=O)cc1. The van der Waals surface area contributed by atoms with Crippen LogP contribution < -0.4 is 20.9 Å². The molecule has 498 valence electrons. The second-order valence-corrected chi connectivity index (χ2v) is 20.8. The molecule has 1 aliphatic carbocycles. The van der Waals surface area contributed by atoms with Crippen LogP contribution in [0.3, 0.4) is 0 Å². The van der Waals surface area contributed by atoms with Gasteiger partial charge in [0.15, 0.2) is 0 Å². The zero-order valence-corrected chi connectivity index (χ0v) is 50.7. The smallest absolute Gasteiger partial charge is 0.414 e. The van der Waals surface area contributed by atoms with Crippen molar-refractivity contribution in [3.05, 3.63) is 54.1 Å². The first-order valence-corrected chi connectivity index (χ1v) is 29.9. The number of alkyl carbamates (subject to hydrolysis) is 1. The van der Waals surface area contributed by atoms with Gasteiger partial charge in [-0.2, -0.15) is 0 Å². The van der Waals surface area contributed by atoms with E-state index < -0.39 is 71.8 Å². The Morgan fingerprint density at radius 1 is 0.584 bits per heavy atom. The largest absolute Gasteiger partial charge is 0.480 e. The minimum Gasteiger partial charge on any atom is -0.480 e. The number of amides is 6. The van der Waals surface area contributed by atoms with E-state index in [2.05, 4.69) is 16.0 Å². The van der Waals surface area contributed by atoms with Crippen molar-refractivity contribution < 1.29 is 106 Å². The number of imide groups is 1. The second kappa shape index (κ2) is 43.5. The predicted molar refractivity (Wildman–Crippen MR) is 316 cm³/mol. The van der Waals surface area contributed by atoms with Gasteiger partial charge in [-0.3, -0.25) is 67.8 Å². The molecule has 4 rings (SSSR count). The number of benzene rings is 1. The van der Waals surface area contributed by atoms with Crippen molar-refractivity contribution in [2.45, 2.75) is 63.2 Å². The van der Waals surface area contributed by atoms with Crippen LogP contribution in [0.4, 0.5) is 15.3 Å². The number of rotatable bonds is 40. The summed E-state index contributed by atoms with van der Waals surface area (Å²) in [7, 11) is 1.57. The number of carbonyl (C=O) groups is 10. The Morgan fingerprint density at radius 3 is 1.56 bits per heavy atom. The summed E-state index contributed by atoms with van der Waals surface area (Å²) < 4.78 is 44.5. The number of hydrogen-bond acceptors (Lipinski definition) is 22. The topological polar surface area (TPSA) is 381 Å². The number of aliphatic carboxylic acids is 4. The lowest BCUT2D eigenvalue weighted by Crippen LogP contribution is -2.52. The molecule has 0 bridgehead atoms. The number of ether oxygens (including phenoxy) is 8. The highest BCUT2D eigenvalue weighted by Gasteiger charge is 2.30. The van der Waals surface area contributed by atoms with E-state index >= 15 is 0 Å². The lowest BCUT2D eigenvalue weighted by atomic mass is 10.0. The zero-order valence-electron chi connectivity index (χ0n) is 50.7. The van der Waals surface area contributed by atoms with E-state index in [0.717, 1.165) is 37.0 Å². The minimum absolute atomic E-state index is 0.0418. The van der Waals surface area contributed by atoms with Gasteiger partial charge in [-0.1, -0.05) is 24.6 Å². The monoisotopic (exact) mass is 1260 g/mol. The number of nitrogens with one attached hydrogen (secondary N) is 3. The van der Waals surface area contributed by atoms with E-state index in [4.69, 9.17) is 37.9 Å². The zero-order chi connectivity index (χ0) is 64.6. The molecule has 3 atom stereocenters. The molecule has 1 aromatic rings. The van der Waals surface area contributed by atoms with Crippen LogP contribution in [0.2, 0.25) is 0 Å². The van der Waals surface area contributed by atoms with E-state index in [0.29, 0.717) is 11.3 Å². The Hall–Kier alpha value is -7.20. The third-order valence-electron chi connectivity index (χ3n) is 14.1. The second-order valence-electron chi connectivity index (χ2n) is 20.8. The maximum absolute atomic E-state index is 13.5. The number of anilines is 1. The predicted octanol–water partition coefficient (Wildman–Crippen LogP) is -0.119. The van der Waals surface area contributed by atoms with Gasteiger partial charge in [-0.05, 0) is 50.3 Å². The Balaban J connectivity index is 1.09. The first-order valence-electron chi connectivity index (χ1n) is 29.9. The summed E-state index contributed by atoms with van der Waals surface area (Å²) in [6.07, 6.45) is 7.71. The molecule has 1 saturated heterocycles. The highest BCUT2D eigenvalue weighted by atomic mass is 16.6. The average Bonchev–Trinajstić information content (AvgIpc) is 3.58. The molecule has 6 amide bonds. The van der Waals surface area contributed by atoms with Crippen LogP contribution in [0.25, 0.3) is 0 Å². The fourth-order valence-corrected chi connectivity index (χ4v) is 9.28. The van der Waals surface area contributed by atoms with Crippen LogP contribution in [-0.2, 0) is 76.3 Å². The van der Waals surface area contributed by atoms with Crippen molar-refractivity contribution in [2.24, 2.45) is 0 Å². The summed E-state index contributed by atoms with van der Waals surface area (Å²) in [5, 5.41) is 46.6. The molecule has 31 nitrogen and oxygen atoms in total. The van der Waals surface area contributed by atoms with Gasteiger partial charge in [0.05, 0.1) is 105 Å². The summed E-state index contributed by atoms with van der Waals surface area (Å²) >= 11 is 0. The average molecular weight is 1260 g/mol. The molecule has 2 aliphatic heterocycles. The van der Waals surface area contributed by atoms with Gasteiger partial charge < -0.3 is 74.3 Å². The molecule has 0 radical (unpaired) electrons. The number of nitrogens with zero attached hydrogens (tertiary/aromatic N) is 6. The summed E-state index contributed by atoms with van der Waals surface area (Å²) in [6, 6.07) is 5.21. The molecular weight excluding hydrogens is 1170 g/mol. The van der Waals surface area contributed by atoms with Gasteiger partial charge in [0.25, 0.3) is 17.7 Å². The van der Waals surface area contributed by atoms with Crippen molar-refractivity contribution >= 4 is 65.4 Å². The van der Waals surface area contributed by atoms with Crippen molar-refractivity contribution in [3.8, 4) is 0 Å². The summed E-state index contributed by atoms with van der Waals surface area (Å²) in [6.45, 7) is 2.67. The summed E-state index contributed by atoms with van der Waals surface area (Å²) in [5.74, 6) is -6.36. The molecule has 3 aliphatic rings. The first-order chi connectivity index (χ1) is 42.9.